The molecule has 0 spiro atoms. The predicted molar refractivity (Wildman–Crippen MR) is 49.3 cm³/mol. The van der Waals surface area contributed by atoms with Gasteiger partial charge in [-0.25, -0.2) is 0 Å². The standard InChI is InChI=1S/C7H10ClNO2S/c1-4(8)6(10)9-5-2-3-12-7(5)11/h4-5H,2-3H2,1H3,(H,9,10)/t4-,5-/m1/s1. The second kappa shape index (κ2) is 4.14. The molecule has 68 valence electrons. The van der Waals surface area contributed by atoms with Crippen molar-refractivity contribution >= 4 is 34.4 Å². The van der Waals surface area contributed by atoms with E-state index in [1.807, 2.05) is 0 Å². The van der Waals surface area contributed by atoms with E-state index in [9.17, 15) is 9.59 Å². The van der Waals surface area contributed by atoms with Crippen LogP contribution in [0.1, 0.15) is 13.3 Å². The molecule has 0 aromatic heterocycles. The Morgan fingerprint density at radius 1 is 1.83 bits per heavy atom. The van der Waals surface area contributed by atoms with Crippen LogP contribution in [0.25, 0.3) is 0 Å². The van der Waals surface area contributed by atoms with Crippen molar-refractivity contribution < 1.29 is 9.59 Å². The number of carbonyl (C=O) groups is 2. The fraction of sp³-hybridized carbons (Fsp3) is 0.714. The molecule has 2 atom stereocenters. The first kappa shape index (κ1) is 9.86. The number of halogens is 1. The van der Waals surface area contributed by atoms with Gasteiger partial charge in [0.25, 0.3) is 0 Å². The normalized spacial score (nSPS) is 25.5. The molecule has 1 heterocycles. The number of hydrogen-bond donors (Lipinski definition) is 1. The summed E-state index contributed by atoms with van der Waals surface area (Å²) in [5.74, 6) is 0.526. The number of thioether (sulfide) groups is 1. The van der Waals surface area contributed by atoms with Crippen LogP contribution >= 0.6 is 23.4 Å². The molecule has 0 aromatic rings. The molecule has 0 saturated carbocycles. The monoisotopic (exact) mass is 207 g/mol. The molecular formula is C7H10ClNO2S. The third-order valence-electron chi connectivity index (χ3n) is 1.61. The molecule has 0 radical (unpaired) electrons. The number of rotatable bonds is 2. The zero-order valence-electron chi connectivity index (χ0n) is 6.67. The maximum absolute atomic E-state index is 11.0. The summed E-state index contributed by atoms with van der Waals surface area (Å²) < 4.78 is 0. The minimum atomic E-state index is -0.566. The topological polar surface area (TPSA) is 46.2 Å². The van der Waals surface area contributed by atoms with Crippen LogP contribution < -0.4 is 5.32 Å². The maximum atomic E-state index is 11.0. The minimum Gasteiger partial charge on any atom is -0.344 e. The van der Waals surface area contributed by atoms with Gasteiger partial charge in [0, 0.05) is 5.75 Å². The lowest BCUT2D eigenvalue weighted by atomic mass is 10.2. The van der Waals surface area contributed by atoms with Crippen LogP contribution in [0.4, 0.5) is 0 Å². The molecule has 1 amide bonds. The van der Waals surface area contributed by atoms with Gasteiger partial charge >= 0.3 is 0 Å². The first-order valence-electron chi connectivity index (χ1n) is 3.72. The second-order valence-electron chi connectivity index (χ2n) is 2.63. The Hall–Kier alpha value is -0.220. The van der Waals surface area contributed by atoms with Gasteiger partial charge in [0.15, 0.2) is 0 Å². The van der Waals surface area contributed by atoms with Crippen LogP contribution in [0.5, 0.6) is 0 Å². The van der Waals surface area contributed by atoms with E-state index in [4.69, 9.17) is 11.6 Å². The van der Waals surface area contributed by atoms with Gasteiger partial charge in [0.05, 0.1) is 6.04 Å². The van der Waals surface area contributed by atoms with E-state index < -0.39 is 5.38 Å². The maximum Gasteiger partial charge on any atom is 0.238 e. The van der Waals surface area contributed by atoms with Crippen LogP contribution in [0.2, 0.25) is 0 Å². The quantitative estimate of drug-likeness (QED) is 0.681. The first-order chi connectivity index (χ1) is 5.61. The molecule has 1 rings (SSSR count). The summed E-state index contributed by atoms with van der Waals surface area (Å²) in [5, 5.41) is 2.06. The van der Waals surface area contributed by atoms with Gasteiger partial charge in [-0.05, 0) is 13.3 Å². The molecule has 3 nitrogen and oxygen atoms in total. The number of nitrogens with one attached hydrogen (secondary N) is 1. The first-order valence-corrected chi connectivity index (χ1v) is 5.14. The summed E-state index contributed by atoms with van der Waals surface area (Å²) in [6.45, 7) is 1.59. The second-order valence-corrected chi connectivity index (χ2v) is 4.39. The Bertz CT molecular complexity index is 208. The smallest absolute Gasteiger partial charge is 0.238 e. The molecule has 1 fully saturated rings. The number of hydrogen-bond acceptors (Lipinski definition) is 3. The van der Waals surface area contributed by atoms with E-state index in [1.54, 1.807) is 6.92 Å². The minimum absolute atomic E-state index is 0.0423. The molecule has 5 heteroatoms. The van der Waals surface area contributed by atoms with E-state index in [0.29, 0.717) is 0 Å². The SMILES string of the molecule is C[C@@H](Cl)C(=O)N[C@@H]1CCSC1=O. The van der Waals surface area contributed by atoms with Crippen molar-refractivity contribution in [2.45, 2.75) is 24.8 Å². The van der Waals surface area contributed by atoms with Crippen LogP contribution in [-0.4, -0.2) is 28.2 Å². The molecule has 1 saturated heterocycles. The summed E-state index contributed by atoms with van der Waals surface area (Å²) >= 11 is 6.79. The highest BCUT2D eigenvalue weighted by Crippen LogP contribution is 2.19. The summed E-state index contributed by atoms with van der Waals surface area (Å²) in [4.78, 5) is 22.1. The zero-order valence-corrected chi connectivity index (χ0v) is 8.24. The van der Waals surface area contributed by atoms with Gasteiger partial charge in [-0.2, -0.15) is 0 Å². The highest BCUT2D eigenvalue weighted by molar-refractivity contribution is 8.14. The lowest BCUT2D eigenvalue weighted by molar-refractivity contribution is -0.124. The van der Waals surface area contributed by atoms with Crippen molar-refractivity contribution in [3.8, 4) is 0 Å². The van der Waals surface area contributed by atoms with Crippen molar-refractivity contribution in [1.29, 1.82) is 0 Å². The van der Waals surface area contributed by atoms with E-state index in [-0.39, 0.29) is 17.1 Å². The Balaban J connectivity index is 2.40. The molecule has 0 aromatic carbocycles. The molecule has 0 bridgehead atoms. The summed E-state index contributed by atoms with van der Waals surface area (Å²) in [6, 6.07) is -0.316. The van der Waals surface area contributed by atoms with Gasteiger partial charge < -0.3 is 5.32 Å². The lowest BCUT2D eigenvalue weighted by Crippen LogP contribution is -2.40. The average Bonchev–Trinajstić information content (AvgIpc) is 2.36. The van der Waals surface area contributed by atoms with Crippen LogP contribution in [0.3, 0.4) is 0 Å². The van der Waals surface area contributed by atoms with E-state index in [1.165, 1.54) is 11.8 Å². The van der Waals surface area contributed by atoms with Crippen LogP contribution in [0.15, 0.2) is 0 Å². The highest BCUT2D eigenvalue weighted by atomic mass is 35.5. The van der Waals surface area contributed by atoms with E-state index in [0.717, 1.165) is 12.2 Å². The molecule has 12 heavy (non-hydrogen) atoms. The molecule has 0 aliphatic carbocycles. The van der Waals surface area contributed by atoms with Crippen molar-refractivity contribution in [1.82, 2.24) is 5.32 Å². The molecule has 1 aliphatic heterocycles. The molecular weight excluding hydrogens is 198 g/mol. The fourth-order valence-electron chi connectivity index (χ4n) is 0.913. The summed E-state index contributed by atoms with van der Waals surface area (Å²) in [6.07, 6.45) is 0.721. The predicted octanol–water partition coefficient (Wildman–Crippen LogP) is 0.762. The van der Waals surface area contributed by atoms with Gasteiger partial charge in [-0.1, -0.05) is 11.8 Å². The molecule has 0 unspecified atom stereocenters. The van der Waals surface area contributed by atoms with Gasteiger partial charge in [0.2, 0.25) is 11.0 Å². The van der Waals surface area contributed by atoms with E-state index >= 15 is 0 Å². The highest BCUT2D eigenvalue weighted by Gasteiger charge is 2.27. The van der Waals surface area contributed by atoms with Crippen molar-refractivity contribution in [3.63, 3.8) is 0 Å². The Morgan fingerprint density at radius 2 is 2.50 bits per heavy atom. The Labute approximate surface area is 80.2 Å². The van der Waals surface area contributed by atoms with Crippen LogP contribution in [0, 0.1) is 0 Å². The van der Waals surface area contributed by atoms with Crippen molar-refractivity contribution in [2.24, 2.45) is 0 Å². The average molecular weight is 208 g/mol. The van der Waals surface area contributed by atoms with Gasteiger partial charge in [-0.3, -0.25) is 9.59 Å². The molecule has 1 N–H and O–H groups in total. The number of carbonyl (C=O) groups excluding carboxylic acids is 2. The number of alkyl halides is 1. The summed E-state index contributed by atoms with van der Waals surface area (Å²) in [7, 11) is 0. The lowest BCUT2D eigenvalue weighted by Gasteiger charge is -2.10. The Morgan fingerprint density at radius 3 is 2.92 bits per heavy atom. The van der Waals surface area contributed by atoms with Gasteiger partial charge in [0.1, 0.15) is 5.38 Å². The summed E-state index contributed by atoms with van der Waals surface area (Å²) in [5.41, 5.74) is 0. The largest absolute Gasteiger partial charge is 0.344 e. The third-order valence-corrected chi connectivity index (χ3v) is 2.82. The van der Waals surface area contributed by atoms with Gasteiger partial charge in [-0.15, -0.1) is 11.6 Å². The Kier molecular flexibility index (Phi) is 3.40. The zero-order chi connectivity index (χ0) is 9.14. The molecule has 1 aliphatic rings. The third kappa shape index (κ3) is 2.38. The van der Waals surface area contributed by atoms with Crippen molar-refractivity contribution in [2.75, 3.05) is 5.75 Å². The van der Waals surface area contributed by atoms with E-state index in [2.05, 4.69) is 5.32 Å². The number of amides is 1. The fourth-order valence-corrected chi connectivity index (χ4v) is 1.91. The van der Waals surface area contributed by atoms with Crippen LogP contribution in [-0.2, 0) is 9.59 Å². The van der Waals surface area contributed by atoms with Crippen molar-refractivity contribution in [3.05, 3.63) is 0 Å².